The van der Waals surface area contributed by atoms with Crippen LogP contribution in [-0.2, 0) is 16.1 Å². The van der Waals surface area contributed by atoms with Gasteiger partial charge in [0.05, 0.1) is 11.6 Å². The SMILES string of the molecule is COCOCc1ccc(Cl)c(Br)c1. The highest BCUT2D eigenvalue weighted by molar-refractivity contribution is 9.10. The normalized spacial score (nSPS) is 10.4. The van der Waals surface area contributed by atoms with E-state index in [0.29, 0.717) is 18.4 Å². The third-order valence-corrected chi connectivity index (χ3v) is 2.67. The summed E-state index contributed by atoms with van der Waals surface area (Å²) in [5.41, 5.74) is 1.06. The van der Waals surface area contributed by atoms with Gasteiger partial charge < -0.3 is 9.47 Å². The topological polar surface area (TPSA) is 18.5 Å². The number of hydrogen-bond acceptors (Lipinski definition) is 2. The Morgan fingerprint density at radius 2 is 2.23 bits per heavy atom. The molecule has 72 valence electrons. The zero-order valence-electron chi connectivity index (χ0n) is 7.22. The first-order valence-corrected chi connectivity index (χ1v) is 4.91. The molecule has 0 bridgehead atoms. The summed E-state index contributed by atoms with van der Waals surface area (Å²) in [7, 11) is 1.60. The molecule has 0 fully saturated rings. The lowest BCUT2D eigenvalue weighted by Crippen LogP contribution is -1.96. The Morgan fingerprint density at radius 3 is 2.85 bits per heavy atom. The van der Waals surface area contributed by atoms with E-state index in [4.69, 9.17) is 21.1 Å². The highest BCUT2D eigenvalue weighted by Gasteiger charge is 1.98. The second kappa shape index (κ2) is 5.60. The van der Waals surface area contributed by atoms with Crippen molar-refractivity contribution in [3.05, 3.63) is 33.3 Å². The molecule has 13 heavy (non-hydrogen) atoms. The Morgan fingerprint density at radius 1 is 1.46 bits per heavy atom. The fourth-order valence-corrected chi connectivity index (χ4v) is 1.42. The first-order chi connectivity index (χ1) is 6.24. The van der Waals surface area contributed by atoms with Crippen LogP contribution < -0.4 is 0 Å². The summed E-state index contributed by atoms with van der Waals surface area (Å²) in [5, 5.41) is 0.704. The molecule has 1 rings (SSSR count). The lowest BCUT2D eigenvalue weighted by atomic mass is 10.2. The lowest BCUT2D eigenvalue weighted by molar-refractivity contribution is -0.0390. The van der Waals surface area contributed by atoms with Gasteiger partial charge >= 0.3 is 0 Å². The first-order valence-electron chi connectivity index (χ1n) is 3.74. The average molecular weight is 266 g/mol. The number of methoxy groups -OCH3 is 1. The van der Waals surface area contributed by atoms with Gasteiger partial charge in [-0.3, -0.25) is 0 Å². The predicted molar refractivity (Wildman–Crippen MR) is 55.8 cm³/mol. The van der Waals surface area contributed by atoms with Crippen molar-refractivity contribution in [1.29, 1.82) is 0 Å². The van der Waals surface area contributed by atoms with E-state index in [1.165, 1.54) is 0 Å². The molecule has 0 aliphatic carbocycles. The van der Waals surface area contributed by atoms with E-state index in [9.17, 15) is 0 Å². The summed E-state index contributed by atoms with van der Waals surface area (Å²) in [6.07, 6.45) is 0. The van der Waals surface area contributed by atoms with Crippen LogP contribution in [-0.4, -0.2) is 13.9 Å². The van der Waals surface area contributed by atoms with Crippen LogP contribution in [0.4, 0.5) is 0 Å². The van der Waals surface area contributed by atoms with Gasteiger partial charge in [-0.1, -0.05) is 17.7 Å². The molecule has 0 saturated heterocycles. The van der Waals surface area contributed by atoms with Gasteiger partial charge in [0.15, 0.2) is 0 Å². The summed E-state index contributed by atoms with van der Waals surface area (Å²) >= 11 is 9.17. The number of halogens is 2. The fraction of sp³-hybridized carbons (Fsp3) is 0.333. The standard InChI is InChI=1S/C9H10BrClO2/c1-12-6-13-5-7-2-3-9(11)8(10)4-7/h2-4H,5-6H2,1H3. The van der Waals surface area contributed by atoms with Gasteiger partial charge in [0.2, 0.25) is 0 Å². The van der Waals surface area contributed by atoms with Crippen molar-refractivity contribution in [1.82, 2.24) is 0 Å². The summed E-state index contributed by atoms with van der Waals surface area (Å²) < 4.78 is 10.8. The highest BCUT2D eigenvalue weighted by Crippen LogP contribution is 2.23. The zero-order chi connectivity index (χ0) is 9.68. The Labute approximate surface area is 90.9 Å². The van der Waals surface area contributed by atoms with Crippen molar-refractivity contribution in [2.24, 2.45) is 0 Å². The molecule has 4 heteroatoms. The smallest absolute Gasteiger partial charge is 0.146 e. The summed E-state index contributed by atoms with van der Waals surface area (Å²) in [5.74, 6) is 0. The molecular formula is C9H10BrClO2. The first kappa shape index (κ1) is 11.0. The van der Waals surface area contributed by atoms with E-state index in [1.807, 2.05) is 18.2 Å². The van der Waals surface area contributed by atoms with E-state index in [0.717, 1.165) is 10.0 Å². The molecule has 0 atom stereocenters. The average Bonchev–Trinajstić information content (AvgIpc) is 2.12. The molecule has 0 saturated carbocycles. The van der Waals surface area contributed by atoms with E-state index in [2.05, 4.69) is 15.9 Å². The molecule has 0 unspecified atom stereocenters. The Bertz CT molecular complexity index is 278. The van der Waals surface area contributed by atoms with Gasteiger partial charge in [-0.15, -0.1) is 0 Å². The Hall–Kier alpha value is -0.0900. The quantitative estimate of drug-likeness (QED) is 0.615. The molecule has 0 spiro atoms. The number of rotatable bonds is 4. The minimum Gasteiger partial charge on any atom is -0.359 e. The zero-order valence-corrected chi connectivity index (χ0v) is 9.56. The monoisotopic (exact) mass is 264 g/mol. The van der Waals surface area contributed by atoms with Crippen LogP contribution in [0.15, 0.2) is 22.7 Å². The van der Waals surface area contributed by atoms with Crippen LogP contribution >= 0.6 is 27.5 Å². The van der Waals surface area contributed by atoms with Crippen molar-refractivity contribution >= 4 is 27.5 Å². The van der Waals surface area contributed by atoms with E-state index in [-0.39, 0.29) is 0 Å². The number of benzene rings is 1. The van der Waals surface area contributed by atoms with Crippen LogP contribution in [0.1, 0.15) is 5.56 Å². The molecular weight excluding hydrogens is 255 g/mol. The molecule has 0 N–H and O–H groups in total. The lowest BCUT2D eigenvalue weighted by Gasteiger charge is -2.04. The van der Waals surface area contributed by atoms with Crippen molar-refractivity contribution in [2.75, 3.05) is 13.9 Å². The number of hydrogen-bond donors (Lipinski definition) is 0. The molecule has 0 aliphatic heterocycles. The fourth-order valence-electron chi connectivity index (χ4n) is 0.872. The van der Waals surface area contributed by atoms with Crippen LogP contribution in [0.2, 0.25) is 5.02 Å². The molecule has 0 heterocycles. The van der Waals surface area contributed by atoms with Gasteiger partial charge in [0, 0.05) is 11.6 Å². The minimum atomic E-state index is 0.306. The Balaban J connectivity index is 2.53. The van der Waals surface area contributed by atoms with Crippen molar-refractivity contribution in [2.45, 2.75) is 6.61 Å². The van der Waals surface area contributed by atoms with Crippen molar-refractivity contribution in [3.63, 3.8) is 0 Å². The second-order valence-electron chi connectivity index (χ2n) is 2.50. The largest absolute Gasteiger partial charge is 0.359 e. The van der Waals surface area contributed by atoms with Crippen molar-refractivity contribution in [3.8, 4) is 0 Å². The maximum Gasteiger partial charge on any atom is 0.146 e. The van der Waals surface area contributed by atoms with Crippen LogP contribution in [0.25, 0.3) is 0 Å². The molecule has 0 aliphatic rings. The molecule has 0 radical (unpaired) electrons. The van der Waals surface area contributed by atoms with Crippen LogP contribution in [0.3, 0.4) is 0 Å². The Kier molecular flexibility index (Phi) is 4.73. The second-order valence-corrected chi connectivity index (χ2v) is 3.76. The van der Waals surface area contributed by atoms with E-state index in [1.54, 1.807) is 7.11 Å². The third-order valence-electron chi connectivity index (χ3n) is 1.45. The van der Waals surface area contributed by atoms with Crippen LogP contribution in [0, 0.1) is 0 Å². The minimum absolute atomic E-state index is 0.306. The van der Waals surface area contributed by atoms with E-state index >= 15 is 0 Å². The van der Waals surface area contributed by atoms with Crippen molar-refractivity contribution < 1.29 is 9.47 Å². The maximum absolute atomic E-state index is 5.83. The molecule has 2 nitrogen and oxygen atoms in total. The highest BCUT2D eigenvalue weighted by atomic mass is 79.9. The van der Waals surface area contributed by atoms with Gasteiger partial charge in [-0.25, -0.2) is 0 Å². The van der Waals surface area contributed by atoms with Gasteiger partial charge in [0.1, 0.15) is 6.79 Å². The molecule has 0 aromatic heterocycles. The van der Waals surface area contributed by atoms with Gasteiger partial charge in [-0.05, 0) is 33.6 Å². The third kappa shape index (κ3) is 3.65. The van der Waals surface area contributed by atoms with Gasteiger partial charge in [0.25, 0.3) is 0 Å². The molecule has 1 aromatic carbocycles. The van der Waals surface area contributed by atoms with Crippen LogP contribution in [0.5, 0.6) is 0 Å². The predicted octanol–water partition coefficient (Wildman–Crippen LogP) is 3.22. The summed E-state index contributed by atoms with van der Waals surface area (Å²) in [6, 6.07) is 5.68. The van der Waals surface area contributed by atoms with Gasteiger partial charge in [-0.2, -0.15) is 0 Å². The summed E-state index contributed by atoms with van der Waals surface area (Å²) in [6.45, 7) is 0.837. The molecule has 1 aromatic rings. The number of ether oxygens (including phenoxy) is 2. The van der Waals surface area contributed by atoms with E-state index < -0.39 is 0 Å². The molecule has 0 amide bonds. The summed E-state index contributed by atoms with van der Waals surface area (Å²) in [4.78, 5) is 0. The maximum atomic E-state index is 5.83.